The van der Waals surface area contributed by atoms with Crippen LogP contribution < -0.4 is 0 Å². The fourth-order valence-electron chi connectivity index (χ4n) is 0. The molecule has 1 nitrogen and oxygen atoms in total. The summed E-state index contributed by atoms with van der Waals surface area (Å²) >= 11 is 2.94. The Bertz CT molecular complexity index is 6.00. The molecule has 0 aliphatic rings. The quantitative estimate of drug-likeness (QED) is 0.473. The van der Waals surface area contributed by atoms with Gasteiger partial charge < -0.3 is 5.11 Å². The second-order valence-electron chi connectivity index (χ2n) is 0. The highest BCUT2D eigenvalue weighted by molar-refractivity contribution is 9.08. The minimum atomic E-state index is 1.00. The molecular weight excluding hydrogens is 120 g/mol. The summed E-state index contributed by atoms with van der Waals surface area (Å²) in [5, 5.41) is 7.00. The van der Waals surface area contributed by atoms with E-state index < -0.39 is 0 Å². The highest BCUT2D eigenvalue weighted by Gasteiger charge is 0.948. The normalized spacial score (nSPS) is 3.00. The standard InChI is InChI=1S/CH3Br.CH4O/c2*1-2/h1H3;2H,1H3. The molecule has 28 valence electrons. The van der Waals surface area contributed by atoms with Crippen molar-refractivity contribution in [2.24, 2.45) is 0 Å². The number of hydrogen-bond acceptors (Lipinski definition) is 1. The van der Waals surface area contributed by atoms with E-state index in [9.17, 15) is 0 Å². The fraction of sp³-hybridized carbons (Fsp3) is 1.00. The van der Waals surface area contributed by atoms with Crippen LogP contribution in [0, 0.1) is 0 Å². The lowest BCUT2D eigenvalue weighted by Crippen LogP contribution is -1.25. The van der Waals surface area contributed by atoms with Crippen molar-refractivity contribution in [2.75, 3.05) is 12.9 Å². The van der Waals surface area contributed by atoms with E-state index in [0.29, 0.717) is 0 Å². The van der Waals surface area contributed by atoms with Gasteiger partial charge in [0.25, 0.3) is 0 Å². The minimum Gasteiger partial charge on any atom is -0.400 e. The molecule has 0 saturated heterocycles. The van der Waals surface area contributed by atoms with E-state index in [0.717, 1.165) is 7.11 Å². The molecule has 0 fully saturated rings. The molecule has 0 spiro atoms. The summed E-state index contributed by atoms with van der Waals surface area (Å²) in [4.78, 5) is 0. The Kier molecular flexibility index (Phi) is 233. The first-order valence-electron chi connectivity index (χ1n) is 0.825. The van der Waals surface area contributed by atoms with Crippen LogP contribution in [0.2, 0.25) is 0 Å². The van der Waals surface area contributed by atoms with Gasteiger partial charge in [-0.05, 0) is 5.83 Å². The SMILES string of the molecule is CBr.CO. The summed E-state index contributed by atoms with van der Waals surface area (Å²) in [7, 11) is 1.00. The van der Waals surface area contributed by atoms with E-state index in [1.165, 1.54) is 0 Å². The molecule has 0 radical (unpaired) electrons. The van der Waals surface area contributed by atoms with Crippen LogP contribution in [0.3, 0.4) is 0 Å². The van der Waals surface area contributed by atoms with Gasteiger partial charge in [0.05, 0.1) is 0 Å². The Balaban J connectivity index is 0. The predicted octanol–water partition coefficient (Wildman–Crippen LogP) is 0.620. The van der Waals surface area contributed by atoms with Crippen molar-refractivity contribution < 1.29 is 5.11 Å². The molecule has 0 aromatic rings. The van der Waals surface area contributed by atoms with Crippen molar-refractivity contribution in [1.82, 2.24) is 0 Å². The lowest BCUT2D eigenvalue weighted by Gasteiger charge is -1.21. The monoisotopic (exact) mass is 126 g/mol. The van der Waals surface area contributed by atoms with Crippen molar-refractivity contribution in [3.63, 3.8) is 0 Å². The van der Waals surface area contributed by atoms with Gasteiger partial charge in [0.1, 0.15) is 0 Å². The number of halogens is 1. The van der Waals surface area contributed by atoms with Crippen molar-refractivity contribution in [3.8, 4) is 0 Å². The summed E-state index contributed by atoms with van der Waals surface area (Å²) in [5.41, 5.74) is 0. The van der Waals surface area contributed by atoms with Gasteiger partial charge in [-0.25, -0.2) is 0 Å². The molecule has 0 aliphatic heterocycles. The van der Waals surface area contributed by atoms with E-state index in [1.807, 2.05) is 5.83 Å². The first-order valence-corrected chi connectivity index (χ1v) is 2.41. The molecule has 0 aliphatic carbocycles. The van der Waals surface area contributed by atoms with Crippen LogP contribution in [-0.2, 0) is 0 Å². The maximum absolute atomic E-state index is 7.00. The Morgan fingerprint density at radius 1 is 1.25 bits per heavy atom. The van der Waals surface area contributed by atoms with Crippen LogP contribution >= 0.6 is 15.9 Å². The second kappa shape index (κ2) is 106. The molecule has 4 heavy (non-hydrogen) atoms. The van der Waals surface area contributed by atoms with Crippen LogP contribution in [0.15, 0.2) is 0 Å². The molecule has 2 heteroatoms. The second-order valence-corrected chi connectivity index (χ2v) is 0. The topological polar surface area (TPSA) is 20.2 Å². The van der Waals surface area contributed by atoms with Crippen LogP contribution in [0.1, 0.15) is 0 Å². The van der Waals surface area contributed by atoms with E-state index in [2.05, 4.69) is 15.9 Å². The number of aliphatic hydroxyl groups is 1. The number of hydrogen-bond donors (Lipinski definition) is 1. The third-order valence-corrected chi connectivity index (χ3v) is 0. The Morgan fingerprint density at radius 2 is 1.25 bits per heavy atom. The molecule has 0 heterocycles. The molecule has 1 N–H and O–H groups in total. The van der Waals surface area contributed by atoms with Crippen molar-refractivity contribution >= 4 is 15.9 Å². The van der Waals surface area contributed by atoms with Crippen molar-refractivity contribution in [3.05, 3.63) is 0 Å². The summed E-state index contributed by atoms with van der Waals surface area (Å²) in [6, 6.07) is 0. The zero-order valence-corrected chi connectivity index (χ0v) is 4.41. The lowest BCUT2D eigenvalue weighted by molar-refractivity contribution is 0.399. The zero-order valence-electron chi connectivity index (χ0n) is 2.83. The average Bonchev–Trinajstić information content (AvgIpc) is 1.50. The van der Waals surface area contributed by atoms with Gasteiger partial charge in [-0.15, -0.1) is 0 Å². The number of alkyl halides is 1. The molecule has 0 aromatic carbocycles. The molecular formula is C2H7BrO. The smallest absolute Gasteiger partial charge is 0.0319 e. The zero-order chi connectivity index (χ0) is 4.00. The van der Waals surface area contributed by atoms with Crippen LogP contribution in [0.4, 0.5) is 0 Å². The molecule has 0 rings (SSSR count). The lowest BCUT2D eigenvalue weighted by atomic mass is 11.8. The predicted molar refractivity (Wildman–Crippen MR) is 23.0 cm³/mol. The van der Waals surface area contributed by atoms with E-state index >= 15 is 0 Å². The van der Waals surface area contributed by atoms with Gasteiger partial charge in [0, 0.05) is 7.11 Å². The molecule has 0 unspecified atom stereocenters. The minimum absolute atomic E-state index is 1.00. The third kappa shape index (κ3) is 26.1. The average molecular weight is 127 g/mol. The van der Waals surface area contributed by atoms with E-state index in [1.54, 1.807) is 0 Å². The molecule has 0 saturated carbocycles. The summed E-state index contributed by atoms with van der Waals surface area (Å²) < 4.78 is 0. The van der Waals surface area contributed by atoms with Gasteiger partial charge in [-0.2, -0.15) is 0 Å². The van der Waals surface area contributed by atoms with E-state index in [-0.39, 0.29) is 0 Å². The Morgan fingerprint density at radius 3 is 1.25 bits per heavy atom. The molecule has 0 amide bonds. The summed E-state index contributed by atoms with van der Waals surface area (Å²) in [6.45, 7) is 0. The van der Waals surface area contributed by atoms with Gasteiger partial charge >= 0.3 is 0 Å². The van der Waals surface area contributed by atoms with E-state index in [4.69, 9.17) is 5.11 Å². The highest BCUT2D eigenvalue weighted by atomic mass is 79.9. The van der Waals surface area contributed by atoms with Crippen LogP contribution in [0.25, 0.3) is 0 Å². The van der Waals surface area contributed by atoms with Gasteiger partial charge in [-0.1, -0.05) is 15.9 Å². The highest BCUT2D eigenvalue weighted by Crippen LogP contribution is 1.45. The van der Waals surface area contributed by atoms with Crippen molar-refractivity contribution in [1.29, 1.82) is 0 Å². The van der Waals surface area contributed by atoms with Gasteiger partial charge in [0.15, 0.2) is 0 Å². The Labute approximate surface area is 34.8 Å². The largest absolute Gasteiger partial charge is 0.400 e. The van der Waals surface area contributed by atoms with Crippen molar-refractivity contribution in [2.45, 2.75) is 0 Å². The Hall–Kier alpha value is 0.440. The molecule has 0 atom stereocenters. The molecule has 0 aromatic heterocycles. The van der Waals surface area contributed by atoms with Crippen LogP contribution in [-0.4, -0.2) is 18.0 Å². The summed E-state index contributed by atoms with van der Waals surface area (Å²) in [5.74, 6) is 1.81. The first-order chi connectivity index (χ1) is 2.00. The van der Waals surface area contributed by atoms with Gasteiger partial charge in [-0.3, -0.25) is 0 Å². The maximum Gasteiger partial charge on any atom is 0.0319 e. The number of aliphatic hydroxyl groups excluding tert-OH is 1. The first kappa shape index (κ1) is 8.83. The summed E-state index contributed by atoms with van der Waals surface area (Å²) in [6.07, 6.45) is 0. The third-order valence-electron chi connectivity index (χ3n) is 0. The van der Waals surface area contributed by atoms with Crippen LogP contribution in [0.5, 0.6) is 0 Å². The number of rotatable bonds is 0. The maximum atomic E-state index is 7.00. The van der Waals surface area contributed by atoms with Gasteiger partial charge in [0.2, 0.25) is 0 Å². The fourth-order valence-corrected chi connectivity index (χ4v) is 0. The molecule has 0 bridgehead atoms.